The van der Waals surface area contributed by atoms with Gasteiger partial charge in [0.25, 0.3) is 5.91 Å². The van der Waals surface area contributed by atoms with Gasteiger partial charge in [0.1, 0.15) is 11.4 Å². The summed E-state index contributed by atoms with van der Waals surface area (Å²) in [5, 5.41) is 1.72. The molecular formula is C24H28N2O4S. The van der Waals surface area contributed by atoms with E-state index in [2.05, 4.69) is 17.4 Å². The molecule has 0 aliphatic carbocycles. The normalized spacial score (nSPS) is 18.9. The molecule has 6 nitrogen and oxygen atoms in total. The molecule has 0 spiro atoms. The van der Waals surface area contributed by atoms with Crippen LogP contribution in [-0.4, -0.2) is 38.2 Å². The summed E-state index contributed by atoms with van der Waals surface area (Å²) >= 11 is 0. The predicted molar refractivity (Wildman–Crippen MR) is 120 cm³/mol. The van der Waals surface area contributed by atoms with Gasteiger partial charge in [-0.3, -0.25) is 23.5 Å². The van der Waals surface area contributed by atoms with Crippen LogP contribution in [0.3, 0.4) is 0 Å². The number of likely N-dealkylation sites (tertiary alicyclic amines) is 1. The van der Waals surface area contributed by atoms with E-state index in [1.807, 2.05) is 48.5 Å². The Morgan fingerprint density at radius 3 is 2.16 bits per heavy atom. The lowest BCUT2D eigenvalue weighted by molar-refractivity contribution is -0.159. The third-order valence-electron chi connectivity index (χ3n) is 5.29. The summed E-state index contributed by atoms with van der Waals surface area (Å²) < 4.78 is 13.0. The summed E-state index contributed by atoms with van der Waals surface area (Å²) in [5.41, 5.74) is 2.12. The van der Waals surface area contributed by atoms with Gasteiger partial charge in [-0.1, -0.05) is 67.1 Å². The number of amides is 3. The smallest absolute Gasteiger partial charge is 0.256 e. The molecule has 1 fully saturated rings. The zero-order valence-electron chi connectivity index (χ0n) is 17.7. The Hall–Kier alpha value is -2.80. The molecule has 0 aromatic heterocycles. The second-order valence-electron chi connectivity index (χ2n) is 7.73. The highest BCUT2D eigenvalue weighted by Gasteiger charge is 2.53. The van der Waals surface area contributed by atoms with Gasteiger partial charge >= 0.3 is 0 Å². The Morgan fingerprint density at radius 1 is 0.935 bits per heavy atom. The second kappa shape index (κ2) is 11.0. The van der Waals surface area contributed by atoms with Crippen LogP contribution in [0.5, 0.6) is 0 Å². The van der Waals surface area contributed by atoms with Crippen molar-refractivity contribution in [3.63, 3.8) is 0 Å². The van der Waals surface area contributed by atoms with Crippen molar-refractivity contribution >= 4 is 28.5 Å². The molecule has 31 heavy (non-hydrogen) atoms. The molecule has 0 bridgehead atoms. The summed E-state index contributed by atoms with van der Waals surface area (Å²) in [6, 6.07) is 18.5. The summed E-state index contributed by atoms with van der Waals surface area (Å²) in [7, 11) is -1.51. The molecule has 3 unspecified atom stereocenters. The van der Waals surface area contributed by atoms with Crippen LogP contribution in [0, 0.1) is 0 Å². The van der Waals surface area contributed by atoms with Crippen molar-refractivity contribution in [3.8, 4) is 0 Å². The minimum absolute atomic E-state index is 0.218. The zero-order valence-corrected chi connectivity index (χ0v) is 18.5. The van der Waals surface area contributed by atoms with E-state index in [-0.39, 0.29) is 24.0 Å². The first-order chi connectivity index (χ1) is 15.0. The van der Waals surface area contributed by atoms with Crippen LogP contribution in [0.25, 0.3) is 0 Å². The van der Waals surface area contributed by atoms with Crippen LogP contribution in [0.1, 0.15) is 43.7 Å². The Bertz CT molecular complexity index is 933. The Kier molecular flexibility index (Phi) is 8.12. The SMILES string of the molecule is CC(=O)NC1C(=O)N(C(=O)CCCCCc2ccccc2)C1S(=O)Cc1ccccc1. The Labute approximate surface area is 185 Å². The van der Waals surface area contributed by atoms with Crippen molar-refractivity contribution in [1.29, 1.82) is 0 Å². The summed E-state index contributed by atoms with van der Waals surface area (Å²) in [6.45, 7) is 1.31. The van der Waals surface area contributed by atoms with Crippen LogP contribution < -0.4 is 5.32 Å². The number of rotatable bonds is 10. The molecule has 2 aromatic carbocycles. The lowest BCUT2D eigenvalue weighted by Crippen LogP contribution is -2.73. The van der Waals surface area contributed by atoms with Crippen molar-refractivity contribution in [1.82, 2.24) is 10.2 Å². The maximum Gasteiger partial charge on any atom is 0.256 e. The maximum absolute atomic E-state index is 13.0. The van der Waals surface area contributed by atoms with E-state index in [1.165, 1.54) is 12.5 Å². The Morgan fingerprint density at radius 2 is 1.55 bits per heavy atom. The fourth-order valence-corrected chi connectivity index (χ4v) is 5.36. The second-order valence-corrected chi connectivity index (χ2v) is 9.26. The van der Waals surface area contributed by atoms with Gasteiger partial charge in [-0.05, 0) is 30.4 Å². The summed E-state index contributed by atoms with van der Waals surface area (Å²) in [5.74, 6) is -0.961. The number of aryl methyl sites for hydroxylation is 1. The topological polar surface area (TPSA) is 83.6 Å². The molecule has 0 radical (unpaired) electrons. The number of nitrogens with one attached hydrogen (secondary N) is 1. The van der Waals surface area contributed by atoms with Gasteiger partial charge in [0.05, 0.1) is 16.6 Å². The van der Waals surface area contributed by atoms with Crippen LogP contribution >= 0.6 is 0 Å². The lowest BCUT2D eigenvalue weighted by Gasteiger charge is -2.44. The maximum atomic E-state index is 13.0. The third kappa shape index (κ3) is 6.10. The van der Waals surface area contributed by atoms with Crippen LogP contribution in [-0.2, 0) is 37.4 Å². The number of unbranched alkanes of at least 4 members (excludes halogenated alkanes) is 2. The number of imide groups is 1. The standard InChI is InChI=1S/C24H28N2O4S/c1-18(27)25-22-23(29)26(24(22)31(30)17-20-14-8-3-9-15-20)21(28)16-10-4-7-13-19-11-5-2-6-12-19/h2-3,5-6,8-9,11-12,14-15,22,24H,4,7,10,13,16-17H2,1H3,(H,25,27). The highest BCUT2D eigenvalue weighted by atomic mass is 32.2. The van der Waals surface area contributed by atoms with Crippen LogP contribution in [0.15, 0.2) is 60.7 Å². The average Bonchev–Trinajstić information content (AvgIpc) is 2.76. The number of benzene rings is 2. The molecule has 1 aliphatic heterocycles. The monoisotopic (exact) mass is 440 g/mol. The van der Waals surface area contributed by atoms with Crippen molar-refractivity contribution in [2.45, 2.75) is 56.2 Å². The molecule has 1 heterocycles. The minimum Gasteiger partial charge on any atom is -0.342 e. The van der Waals surface area contributed by atoms with Gasteiger partial charge in [0.15, 0.2) is 0 Å². The molecule has 3 rings (SSSR count). The quantitative estimate of drug-likeness (QED) is 0.455. The first kappa shape index (κ1) is 22.9. The highest BCUT2D eigenvalue weighted by molar-refractivity contribution is 7.85. The van der Waals surface area contributed by atoms with Gasteiger partial charge in [-0.2, -0.15) is 0 Å². The number of nitrogens with zero attached hydrogens (tertiary/aromatic N) is 1. The fraction of sp³-hybridized carbons (Fsp3) is 0.375. The molecule has 2 aromatic rings. The van der Waals surface area contributed by atoms with E-state index in [1.54, 1.807) is 0 Å². The zero-order chi connectivity index (χ0) is 22.2. The van der Waals surface area contributed by atoms with Crippen LogP contribution in [0.2, 0.25) is 0 Å². The summed E-state index contributed by atoms with van der Waals surface area (Å²) in [6.07, 6.45) is 3.68. The van der Waals surface area contributed by atoms with E-state index in [4.69, 9.17) is 0 Å². The molecule has 1 saturated heterocycles. The molecule has 164 valence electrons. The van der Waals surface area contributed by atoms with Crippen molar-refractivity contribution in [3.05, 3.63) is 71.8 Å². The van der Waals surface area contributed by atoms with E-state index in [0.717, 1.165) is 29.7 Å². The third-order valence-corrected chi connectivity index (χ3v) is 6.93. The molecule has 1 N–H and O–H groups in total. The first-order valence-corrected chi connectivity index (χ1v) is 11.9. The number of carbonyl (C=O) groups excluding carboxylic acids is 3. The minimum atomic E-state index is -1.51. The predicted octanol–water partition coefficient (Wildman–Crippen LogP) is 2.94. The van der Waals surface area contributed by atoms with Gasteiger partial charge in [-0.25, -0.2) is 0 Å². The number of β-lactam (4-membered cyclic amide) rings is 1. The van der Waals surface area contributed by atoms with Gasteiger partial charge < -0.3 is 5.32 Å². The first-order valence-electron chi connectivity index (χ1n) is 10.6. The average molecular weight is 441 g/mol. The van der Waals surface area contributed by atoms with Crippen molar-refractivity contribution in [2.75, 3.05) is 0 Å². The highest BCUT2D eigenvalue weighted by Crippen LogP contribution is 2.27. The van der Waals surface area contributed by atoms with Gasteiger partial charge in [-0.15, -0.1) is 0 Å². The number of carbonyl (C=O) groups is 3. The molecule has 7 heteroatoms. The van der Waals surface area contributed by atoms with Crippen molar-refractivity contribution < 1.29 is 18.6 Å². The van der Waals surface area contributed by atoms with E-state index >= 15 is 0 Å². The summed E-state index contributed by atoms with van der Waals surface area (Å²) in [4.78, 5) is 37.8. The lowest BCUT2D eigenvalue weighted by atomic mass is 10.0. The van der Waals surface area contributed by atoms with E-state index in [0.29, 0.717) is 6.42 Å². The fourth-order valence-electron chi connectivity index (χ4n) is 3.72. The molecular weight excluding hydrogens is 412 g/mol. The molecule has 0 saturated carbocycles. The Balaban J connectivity index is 1.55. The van der Waals surface area contributed by atoms with Gasteiger partial charge in [0, 0.05) is 13.3 Å². The molecule has 3 atom stereocenters. The van der Waals surface area contributed by atoms with E-state index in [9.17, 15) is 18.6 Å². The molecule has 3 amide bonds. The van der Waals surface area contributed by atoms with Crippen LogP contribution in [0.4, 0.5) is 0 Å². The van der Waals surface area contributed by atoms with E-state index < -0.39 is 28.1 Å². The molecule has 1 aliphatic rings. The largest absolute Gasteiger partial charge is 0.342 e. The number of hydrogen-bond acceptors (Lipinski definition) is 4. The number of hydrogen-bond donors (Lipinski definition) is 1. The van der Waals surface area contributed by atoms with Gasteiger partial charge in [0.2, 0.25) is 11.8 Å². The van der Waals surface area contributed by atoms with Crippen molar-refractivity contribution in [2.24, 2.45) is 0 Å².